The molecule has 0 spiro atoms. The van der Waals surface area contributed by atoms with Crippen LogP contribution in [0.15, 0.2) is 54.2 Å². The largest absolute Gasteiger partial charge is 0.465 e. The number of halogens is 1. The fourth-order valence-electron chi connectivity index (χ4n) is 2.28. The third-order valence-electron chi connectivity index (χ3n) is 3.51. The van der Waals surface area contributed by atoms with Crippen LogP contribution in [0.25, 0.3) is 11.1 Å². The van der Waals surface area contributed by atoms with E-state index in [0.29, 0.717) is 26.7 Å². The normalized spacial score (nSPS) is 10.3. The molecule has 0 bridgehead atoms. The van der Waals surface area contributed by atoms with Crippen molar-refractivity contribution in [3.63, 3.8) is 0 Å². The molecule has 0 radical (unpaired) electrons. The highest BCUT2D eigenvalue weighted by Gasteiger charge is 2.22. The van der Waals surface area contributed by atoms with Crippen LogP contribution >= 0.6 is 22.9 Å². The Balaban J connectivity index is 1.98. The maximum atomic E-state index is 12.4. The molecule has 1 aromatic carbocycles. The van der Waals surface area contributed by atoms with Crippen LogP contribution in [0.2, 0.25) is 5.02 Å². The monoisotopic (exact) mass is 372 g/mol. The van der Waals surface area contributed by atoms with E-state index in [1.807, 2.05) is 12.1 Å². The number of carbonyl (C=O) groups is 2. The molecule has 1 N–H and O–H groups in total. The highest BCUT2D eigenvalue weighted by atomic mass is 35.5. The number of thiophene rings is 1. The first-order valence-corrected chi connectivity index (χ1v) is 8.53. The number of nitrogens with one attached hydrogen (secondary N) is 1. The average molecular weight is 373 g/mol. The lowest BCUT2D eigenvalue weighted by molar-refractivity contribution is 0.0603. The lowest BCUT2D eigenvalue weighted by Crippen LogP contribution is -2.14. The second kappa shape index (κ2) is 7.46. The van der Waals surface area contributed by atoms with E-state index in [0.717, 1.165) is 5.56 Å². The smallest absolute Gasteiger partial charge is 0.341 e. The molecule has 2 aromatic heterocycles. The minimum atomic E-state index is -0.517. The third-order valence-corrected chi connectivity index (χ3v) is 4.65. The van der Waals surface area contributed by atoms with Crippen molar-refractivity contribution in [1.29, 1.82) is 0 Å². The van der Waals surface area contributed by atoms with Gasteiger partial charge >= 0.3 is 5.97 Å². The van der Waals surface area contributed by atoms with Crippen LogP contribution in [0.5, 0.6) is 0 Å². The van der Waals surface area contributed by atoms with Gasteiger partial charge in [0.2, 0.25) is 0 Å². The van der Waals surface area contributed by atoms with Gasteiger partial charge in [-0.1, -0.05) is 23.7 Å². The van der Waals surface area contributed by atoms with Crippen molar-refractivity contribution in [2.24, 2.45) is 0 Å². The zero-order valence-electron chi connectivity index (χ0n) is 13.2. The Bertz CT molecular complexity index is 908. The van der Waals surface area contributed by atoms with E-state index in [1.54, 1.807) is 29.6 Å². The molecule has 3 aromatic rings. The van der Waals surface area contributed by atoms with Gasteiger partial charge in [0, 0.05) is 33.9 Å². The number of carbonyl (C=O) groups excluding carboxylic acids is 2. The van der Waals surface area contributed by atoms with E-state index in [9.17, 15) is 9.59 Å². The minimum absolute atomic E-state index is 0.317. The summed E-state index contributed by atoms with van der Waals surface area (Å²) in [6, 6.07) is 10.3. The fraction of sp³-hybridized carbons (Fsp3) is 0.0556. The standard InChI is InChI=1S/C18H13ClN2O3S/c1-24-18(23)15-14(11-2-4-13(19)5-3-11)10-25-17(15)21-16(22)12-6-8-20-9-7-12/h2-10H,1H3,(H,21,22). The van der Waals surface area contributed by atoms with Crippen molar-refractivity contribution in [2.45, 2.75) is 0 Å². The Morgan fingerprint density at radius 3 is 2.44 bits per heavy atom. The van der Waals surface area contributed by atoms with Crippen molar-refractivity contribution >= 4 is 39.8 Å². The number of hydrogen-bond donors (Lipinski definition) is 1. The van der Waals surface area contributed by atoms with Gasteiger partial charge in [0.1, 0.15) is 10.6 Å². The Morgan fingerprint density at radius 2 is 1.80 bits per heavy atom. The van der Waals surface area contributed by atoms with E-state index in [4.69, 9.17) is 16.3 Å². The molecule has 2 heterocycles. The molecule has 0 fully saturated rings. The number of hydrogen-bond acceptors (Lipinski definition) is 5. The van der Waals surface area contributed by atoms with Crippen molar-refractivity contribution in [1.82, 2.24) is 4.98 Å². The van der Waals surface area contributed by atoms with Gasteiger partial charge in [0.05, 0.1) is 7.11 Å². The van der Waals surface area contributed by atoms with Gasteiger partial charge in [-0.15, -0.1) is 11.3 Å². The number of benzene rings is 1. The van der Waals surface area contributed by atoms with Gasteiger partial charge < -0.3 is 10.1 Å². The summed E-state index contributed by atoms with van der Waals surface area (Å²) in [7, 11) is 1.31. The Labute approximate surface area is 153 Å². The van der Waals surface area contributed by atoms with Gasteiger partial charge in [-0.25, -0.2) is 4.79 Å². The molecule has 0 aliphatic carbocycles. The molecule has 0 unspecified atom stereocenters. The van der Waals surface area contributed by atoms with Crippen molar-refractivity contribution in [3.05, 3.63) is 70.3 Å². The van der Waals surface area contributed by atoms with Crippen LogP contribution < -0.4 is 5.32 Å². The Hall–Kier alpha value is -2.70. The zero-order valence-corrected chi connectivity index (χ0v) is 14.7. The summed E-state index contributed by atoms with van der Waals surface area (Å²) < 4.78 is 4.89. The first kappa shape index (κ1) is 17.1. The first-order valence-electron chi connectivity index (χ1n) is 7.27. The predicted octanol–water partition coefficient (Wildman–Crippen LogP) is 4.50. The minimum Gasteiger partial charge on any atom is -0.465 e. The van der Waals surface area contributed by atoms with Crippen LogP contribution in [0.4, 0.5) is 5.00 Å². The number of anilines is 1. The topological polar surface area (TPSA) is 68.3 Å². The SMILES string of the molecule is COC(=O)c1c(-c2ccc(Cl)cc2)csc1NC(=O)c1ccncc1. The summed E-state index contributed by atoms with van der Waals surface area (Å²) in [4.78, 5) is 28.5. The van der Waals surface area contributed by atoms with Crippen LogP contribution in [0.3, 0.4) is 0 Å². The molecule has 3 rings (SSSR count). The Kier molecular flexibility index (Phi) is 5.11. The van der Waals surface area contributed by atoms with E-state index >= 15 is 0 Å². The number of ether oxygens (including phenoxy) is 1. The molecule has 25 heavy (non-hydrogen) atoms. The van der Waals surface area contributed by atoms with Crippen LogP contribution in [-0.4, -0.2) is 24.0 Å². The van der Waals surface area contributed by atoms with Crippen molar-refractivity contribution in [2.75, 3.05) is 12.4 Å². The van der Waals surface area contributed by atoms with Gasteiger partial charge in [0.25, 0.3) is 5.91 Å². The maximum Gasteiger partial charge on any atom is 0.341 e. The third kappa shape index (κ3) is 3.70. The molecule has 0 atom stereocenters. The second-order valence-corrected chi connectivity index (χ2v) is 6.36. The quantitative estimate of drug-likeness (QED) is 0.684. The summed E-state index contributed by atoms with van der Waals surface area (Å²) in [6.07, 6.45) is 3.06. The number of esters is 1. The first-order chi connectivity index (χ1) is 12.1. The number of aromatic nitrogens is 1. The molecule has 0 aliphatic heterocycles. The summed E-state index contributed by atoms with van der Waals surface area (Å²) in [5.41, 5.74) is 2.26. The number of pyridine rings is 1. The summed E-state index contributed by atoms with van der Waals surface area (Å²) in [5.74, 6) is -0.840. The molecular weight excluding hydrogens is 360 g/mol. The summed E-state index contributed by atoms with van der Waals surface area (Å²) in [5, 5.41) is 5.60. The molecule has 0 saturated heterocycles. The summed E-state index contributed by atoms with van der Waals surface area (Å²) in [6.45, 7) is 0. The molecule has 126 valence electrons. The Morgan fingerprint density at radius 1 is 1.12 bits per heavy atom. The second-order valence-electron chi connectivity index (χ2n) is 5.04. The molecule has 7 heteroatoms. The average Bonchev–Trinajstić information content (AvgIpc) is 3.06. The van der Waals surface area contributed by atoms with Gasteiger partial charge in [0.15, 0.2) is 0 Å². The summed E-state index contributed by atoms with van der Waals surface area (Å²) >= 11 is 7.18. The molecule has 1 amide bonds. The fourth-order valence-corrected chi connectivity index (χ4v) is 3.35. The highest BCUT2D eigenvalue weighted by Crippen LogP contribution is 2.36. The van der Waals surface area contributed by atoms with E-state index < -0.39 is 5.97 Å². The molecule has 0 saturated carbocycles. The van der Waals surface area contributed by atoms with E-state index in [1.165, 1.54) is 30.8 Å². The number of amides is 1. The number of methoxy groups -OCH3 is 1. The van der Waals surface area contributed by atoms with Crippen molar-refractivity contribution < 1.29 is 14.3 Å². The van der Waals surface area contributed by atoms with E-state index in [-0.39, 0.29) is 5.91 Å². The van der Waals surface area contributed by atoms with Gasteiger partial charge in [-0.05, 0) is 29.8 Å². The van der Waals surface area contributed by atoms with Crippen LogP contribution in [-0.2, 0) is 4.74 Å². The predicted molar refractivity (Wildman–Crippen MR) is 98.3 cm³/mol. The van der Waals surface area contributed by atoms with Gasteiger partial charge in [-0.3, -0.25) is 9.78 Å². The van der Waals surface area contributed by atoms with E-state index in [2.05, 4.69) is 10.3 Å². The molecule has 0 aliphatic rings. The maximum absolute atomic E-state index is 12.4. The lowest BCUT2D eigenvalue weighted by atomic mass is 10.0. The zero-order chi connectivity index (χ0) is 17.8. The number of nitrogens with zero attached hydrogens (tertiary/aromatic N) is 1. The van der Waals surface area contributed by atoms with Gasteiger partial charge in [-0.2, -0.15) is 0 Å². The van der Waals surface area contributed by atoms with Crippen LogP contribution in [0, 0.1) is 0 Å². The molecule has 5 nitrogen and oxygen atoms in total. The number of rotatable bonds is 4. The lowest BCUT2D eigenvalue weighted by Gasteiger charge is -2.08. The van der Waals surface area contributed by atoms with Crippen molar-refractivity contribution in [3.8, 4) is 11.1 Å². The van der Waals surface area contributed by atoms with Crippen LogP contribution in [0.1, 0.15) is 20.7 Å². The highest BCUT2D eigenvalue weighted by molar-refractivity contribution is 7.15. The molecular formula is C18H13ClN2O3S.